The standard InChI is InChI=1S/C20H23N3O7/c1-29-16(25)10-22(11-17(26)30-2)15(24)9-21-19(27)18-13-5-3-4-6-14(13)20(28)23(18)12-7-8-12/h3-6,12,18H,7-11H2,1-2H3,(H,21,27). The second-order valence-corrected chi connectivity index (χ2v) is 7.05. The molecule has 1 N–H and O–H groups in total. The number of hydrogen-bond acceptors (Lipinski definition) is 7. The van der Waals surface area contributed by atoms with Crippen molar-refractivity contribution in [2.24, 2.45) is 0 Å². The quantitative estimate of drug-likeness (QED) is 0.573. The highest BCUT2D eigenvalue weighted by molar-refractivity contribution is 6.05. The van der Waals surface area contributed by atoms with E-state index in [1.54, 1.807) is 29.2 Å². The van der Waals surface area contributed by atoms with Gasteiger partial charge < -0.3 is 24.6 Å². The van der Waals surface area contributed by atoms with Crippen molar-refractivity contribution in [2.45, 2.75) is 24.9 Å². The van der Waals surface area contributed by atoms with Crippen molar-refractivity contribution in [1.29, 1.82) is 0 Å². The molecule has 1 saturated carbocycles. The monoisotopic (exact) mass is 417 g/mol. The first-order chi connectivity index (χ1) is 14.4. The van der Waals surface area contributed by atoms with Gasteiger partial charge in [0, 0.05) is 11.6 Å². The predicted octanol–water partition coefficient (Wildman–Crippen LogP) is -0.363. The summed E-state index contributed by atoms with van der Waals surface area (Å²) >= 11 is 0. The first kappa shape index (κ1) is 21.3. The number of carbonyl (C=O) groups is 5. The number of rotatable bonds is 8. The summed E-state index contributed by atoms with van der Waals surface area (Å²) in [5.41, 5.74) is 1.08. The van der Waals surface area contributed by atoms with Crippen LogP contribution in [0.15, 0.2) is 24.3 Å². The lowest BCUT2D eigenvalue weighted by Gasteiger charge is -2.25. The molecule has 1 unspecified atom stereocenters. The van der Waals surface area contributed by atoms with E-state index in [1.807, 2.05) is 0 Å². The molecule has 2 aliphatic rings. The van der Waals surface area contributed by atoms with Crippen LogP contribution in [0.1, 0.15) is 34.8 Å². The molecule has 1 aromatic rings. The van der Waals surface area contributed by atoms with E-state index in [1.165, 1.54) is 0 Å². The van der Waals surface area contributed by atoms with Crippen molar-refractivity contribution in [2.75, 3.05) is 33.9 Å². The van der Waals surface area contributed by atoms with Gasteiger partial charge in [-0.3, -0.25) is 24.0 Å². The molecule has 10 nitrogen and oxygen atoms in total. The first-order valence-electron chi connectivity index (χ1n) is 9.48. The van der Waals surface area contributed by atoms with Crippen molar-refractivity contribution < 1.29 is 33.4 Å². The first-order valence-corrected chi connectivity index (χ1v) is 9.48. The molecule has 1 atom stereocenters. The number of esters is 2. The zero-order valence-electron chi connectivity index (χ0n) is 16.8. The smallest absolute Gasteiger partial charge is 0.325 e. The van der Waals surface area contributed by atoms with Gasteiger partial charge in [0.05, 0.1) is 20.8 Å². The van der Waals surface area contributed by atoms with Crippen LogP contribution < -0.4 is 5.32 Å². The minimum atomic E-state index is -0.816. The van der Waals surface area contributed by atoms with Gasteiger partial charge in [-0.15, -0.1) is 0 Å². The van der Waals surface area contributed by atoms with Gasteiger partial charge in [0.1, 0.15) is 19.1 Å². The van der Waals surface area contributed by atoms with Gasteiger partial charge in [0.25, 0.3) is 5.91 Å². The van der Waals surface area contributed by atoms with Crippen LogP contribution in [0.2, 0.25) is 0 Å². The average molecular weight is 417 g/mol. The van der Waals surface area contributed by atoms with Crippen LogP contribution in [0.25, 0.3) is 0 Å². The van der Waals surface area contributed by atoms with Crippen LogP contribution in [0, 0.1) is 0 Å². The number of carbonyl (C=O) groups excluding carboxylic acids is 5. The molecule has 0 radical (unpaired) electrons. The molecule has 3 amide bonds. The topological polar surface area (TPSA) is 122 Å². The molecular weight excluding hydrogens is 394 g/mol. The summed E-state index contributed by atoms with van der Waals surface area (Å²) in [6.45, 7) is -1.36. The van der Waals surface area contributed by atoms with Crippen molar-refractivity contribution >= 4 is 29.7 Å². The molecule has 10 heteroatoms. The third kappa shape index (κ3) is 4.42. The van der Waals surface area contributed by atoms with Gasteiger partial charge >= 0.3 is 11.9 Å². The highest BCUT2D eigenvalue weighted by Crippen LogP contribution is 2.41. The fraction of sp³-hybridized carbons (Fsp3) is 0.450. The Balaban J connectivity index is 1.69. The van der Waals surface area contributed by atoms with E-state index >= 15 is 0 Å². The molecular formula is C20H23N3O7. The van der Waals surface area contributed by atoms with Gasteiger partial charge in [-0.1, -0.05) is 18.2 Å². The number of fused-ring (bicyclic) bond motifs is 1. The van der Waals surface area contributed by atoms with Gasteiger partial charge in [-0.05, 0) is 24.5 Å². The summed E-state index contributed by atoms with van der Waals surface area (Å²) in [4.78, 5) is 63.7. The molecule has 1 aromatic carbocycles. The molecule has 0 aromatic heterocycles. The van der Waals surface area contributed by atoms with Gasteiger partial charge in [-0.2, -0.15) is 0 Å². The molecule has 0 spiro atoms. The highest BCUT2D eigenvalue weighted by atomic mass is 16.5. The number of nitrogens with one attached hydrogen (secondary N) is 1. The van der Waals surface area contributed by atoms with Gasteiger partial charge in [0.2, 0.25) is 11.8 Å². The number of hydrogen-bond donors (Lipinski definition) is 1. The van der Waals surface area contributed by atoms with E-state index in [4.69, 9.17) is 0 Å². The number of nitrogens with zero attached hydrogens (tertiary/aromatic N) is 2. The van der Waals surface area contributed by atoms with E-state index < -0.39 is 49.4 Å². The molecule has 0 saturated heterocycles. The summed E-state index contributed by atoms with van der Waals surface area (Å²) in [6.07, 6.45) is 1.66. The average Bonchev–Trinajstić information content (AvgIpc) is 3.55. The summed E-state index contributed by atoms with van der Waals surface area (Å²) in [5.74, 6) is -2.78. The molecule has 3 rings (SSSR count). The summed E-state index contributed by atoms with van der Waals surface area (Å²) in [5, 5.41) is 2.53. The molecule has 1 aliphatic heterocycles. The van der Waals surface area contributed by atoms with Crippen LogP contribution in [-0.4, -0.2) is 79.4 Å². The Bertz CT molecular complexity index is 863. The zero-order chi connectivity index (χ0) is 21.8. The van der Waals surface area contributed by atoms with Crippen molar-refractivity contribution in [3.63, 3.8) is 0 Å². The summed E-state index contributed by atoms with van der Waals surface area (Å²) < 4.78 is 9.07. The number of methoxy groups -OCH3 is 2. The molecule has 30 heavy (non-hydrogen) atoms. The largest absolute Gasteiger partial charge is 0.468 e. The Morgan fingerprint density at radius 2 is 1.67 bits per heavy atom. The SMILES string of the molecule is COC(=O)CN(CC(=O)OC)C(=O)CNC(=O)C1c2ccccc2C(=O)N1C1CC1. The maximum absolute atomic E-state index is 12.9. The lowest BCUT2D eigenvalue weighted by atomic mass is 10.0. The number of benzene rings is 1. The molecule has 0 bridgehead atoms. The van der Waals surface area contributed by atoms with Crippen molar-refractivity contribution in [3.05, 3.63) is 35.4 Å². The van der Waals surface area contributed by atoms with E-state index in [9.17, 15) is 24.0 Å². The molecule has 1 heterocycles. The molecule has 1 fully saturated rings. The van der Waals surface area contributed by atoms with Crippen molar-refractivity contribution in [1.82, 2.24) is 15.1 Å². The van der Waals surface area contributed by atoms with Crippen LogP contribution in [0.5, 0.6) is 0 Å². The van der Waals surface area contributed by atoms with E-state index in [2.05, 4.69) is 14.8 Å². The van der Waals surface area contributed by atoms with Crippen LogP contribution >= 0.6 is 0 Å². The number of amides is 3. The van der Waals surface area contributed by atoms with Crippen molar-refractivity contribution in [3.8, 4) is 0 Å². The molecule has 160 valence electrons. The van der Waals surface area contributed by atoms with E-state index in [0.717, 1.165) is 32.0 Å². The fourth-order valence-corrected chi connectivity index (χ4v) is 3.38. The lowest BCUT2D eigenvalue weighted by Crippen LogP contribution is -2.47. The van der Waals surface area contributed by atoms with Gasteiger partial charge in [-0.25, -0.2) is 0 Å². The Hall–Kier alpha value is -3.43. The summed E-state index contributed by atoms with van der Waals surface area (Å²) in [6, 6.07) is 6.09. The maximum Gasteiger partial charge on any atom is 0.325 e. The molecule has 1 aliphatic carbocycles. The second-order valence-electron chi connectivity index (χ2n) is 7.05. The zero-order valence-corrected chi connectivity index (χ0v) is 16.8. The Morgan fingerprint density at radius 3 is 2.23 bits per heavy atom. The van der Waals surface area contributed by atoms with E-state index in [0.29, 0.717) is 11.1 Å². The fourth-order valence-electron chi connectivity index (χ4n) is 3.38. The Kier molecular flexibility index (Phi) is 6.34. The highest BCUT2D eigenvalue weighted by Gasteiger charge is 2.47. The van der Waals surface area contributed by atoms with Crippen LogP contribution in [0.3, 0.4) is 0 Å². The maximum atomic E-state index is 12.9. The Labute approximate surface area is 173 Å². The Morgan fingerprint density at radius 1 is 1.07 bits per heavy atom. The third-order valence-corrected chi connectivity index (χ3v) is 5.05. The minimum absolute atomic E-state index is 0.00602. The third-order valence-electron chi connectivity index (χ3n) is 5.05. The van der Waals surface area contributed by atoms with Crippen LogP contribution in [0.4, 0.5) is 0 Å². The predicted molar refractivity (Wildman–Crippen MR) is 102 cm³/mol. The number of ether oxygens (including phenoxy) is 2. The van der Waals surface area contributed by atoms with Crippen LogP contribution in [-0.2, 0) is 28.7 Å². The minimum Gasteiger partial charge on any atom is -0.468 e. The lowest BCUT2D eigenvalue weighted by molar-refractivity contribution is -0.151. The summed E-state index contributed by atoms with van der Waals surface area (Å²) in [7, 11) is 2.32. The second kappa shape index (κ2) is 8.93. The van der Waals surface area contributed by atoms with E-state index in [-0.39, 0.29) is 11.9 Å². The normalized spacial score (nSPS) is 17.2. The van der Waals surface area contributed by atoms with Gasteiger partial charge in [0.15, 0.2) is 0 Å².